The summed E-state index contributed by atoms with van der Waals surface area (Å²) in [6.45, 7) is 5.35. The number of ether oxygens (including phenoxy) is 2. The summed E-state index contributed by atoms with van der Waals surface area (Å²) in [7, 11) is 1.55. The summed E-state index contributed by atoms with van der Waals surface area (Å²) in [5.41, 5.74) is 1.66. The van der Waals surface area contributed by atoms with E-state index in [4.69, 9.17) is 9.47 Å². The number of anilines is 2. The SMILES string of the molecule is COc1ccc(C(=O)Nc2ccccc2C(=O)Nc2ccc3c(C(=O)OC(C)(C)C)n[nH]c3c2)cc1. The predicted octanol–water partition coefficient (Wildman–Crippen LogP) is 5.03. The Morgan fingerprint density at radius 3 is 2.31 bits per heavy atom. The maximum atomic E-state index is 13.1. The molecule has 1 aromatic heterocycles. The van der Waals surface area contributed by atoms with Crippen LogP contribution < -0.4 is 15.4 Å². The Balaban J connectivity index is 1.51. The highest BCUT2D eigenvalue weighted by atomic mass is 16.6. The first kappa shape index (κ1) is 24.5. The van der Waals surface area contributed by atoms with Crippen LogP contribution in [0.4, 0.5) is 11.4 Å². The van der Waals surface area contributed by atoms with Gasteiger partial charge in [-0.1, -0.05) is 12.1 Å². The van der Waals surface area contributed by atoms with Crippen molar-refractivity contribution in [1.82, 2.24) is 10.2 Å². The van der Waals surface area contributed by atoms with Crippen molar-refractivity contribution in [3.05, 3.63) is 83.6 Å². The molecule has 2 amide bonds. The second-order valence-electron chi connectivity index (χ2n) is 9.02. The molecular formula is C27H26N4O5. The van der Waals surface area contributed by atoms with Crippen molar-refractivity contribution in [3.63, 3.8) is 0 Å². The van der Waals surface area contributed by atoms with Crippen molar-refractivity contribution in [2.75, 3.05) is 17.7 Å². The Morgan fingerprint density at radius 2 is 1.61 bits per heavy atom. The van der Waals surface area contributed by atoms with E-state index in [9.17, 15) is 14.4 Å². The number of carbonyl (C=O) groups is 3. The Labute approximate surface area is 207 Å². The fourth-order valence-corrected chi connectivity index (χ4v) is 3.50. The first-order valence-corrected chi connectivity index (χ1v) is 11.2. The van der Waals surface area contributed by atoms with Gasteiger partial charge >= 0.3 is 5.97 Å². The Morgan fingerprint density at radius 1 is 0.889 bits per heavy atom. The standard InChI is InChI=1S/C27H26N4O5/c1-27(2,3)36-26(34)23-19-14-11-17(15-22(19)30-31-23)28-25(33)20-7-5-6-8-21(20)29-24(32)16-9-12-18(35-4)13-10-16/h5-15H,1-4H3,(H,28,33)(H,29,32)(H,30,31). The van der Waals surface area contributed by atoms with Gasteiger partial charge in [-0.2, -0.15) is 5.10 Å². The van der Waals surface area contributed by atoms with Crippen LogP contribution in [0.15, 0.2) is 66.7 Å². The van der Waals surface area contributed by atoms with Gasteiger partial charge in [0.25, 0.3) is 11.8 Å². The van der Waals surface area contributed by atoms with E-state index in [-0.39, 0.29) is 11.6 Å². The molecule has 0 radical (unpaired) electrons. The first-order valence-electron chi connectivity index (χ1n) is 11.2. The Bertz CT molecular complexity index is 1430. The van der Waals surface area contributed by atoms with E-state index in [1.54, 1.807) is 94.6 Å². The van der Waals surface area contributed by atoms with E-state index >= 15 is 0 Å². The smallest absolute Gasteiger partial charge is 0.360 e. The molecule has 3 aromatic carbocycles. The van der Waals surface area contributed by atoms with Gasteiger partial charge in [-0.25, -0.2) is 4.79 Å². The molecule has 0 bridgehead atoms. The van der Waals surface area contributed by atoms with Gasteiger partial charge in [0.05, 0.1) is 23.9 Å². The van der Waals surface area contributed by atoms with Crippen LogP contribution in [-0.2, 0) is 4.74 Å². The van der Waals surface area contributed by atoms with Gasteiger partial charge in [0.1, 0.15) is 11.4 Å². The molecule has 0 spiro atoms. The number of hydrogen-bond acceptors (Lipinski definition) is 6. The van der Waals surface area contributed by atoms with Crippen molar-refractivity contribution in [2.45, 2.75) is 26.4 Å². The molecule has 0 atom stereocenters. The molecule has 184 valence electrons. The van der Waals surface area contributed by atoms with Crippen LogP contribution in [0.1, 0.15) is 52.0 Å². The van der Waals surface area contributed by atoms with Crippen molar-refractivity contribution >= 4 is 40.1 Å². The minimum absolute atomic E-state index is 0.171. The molecule has 4 rings (SSSR count). The number of hydrogen-bond donors (Lipinski definition) is 3. The zero-order valence-electron chi connectivity index (χ0n) is 20.3. The van der Waals surface area contributed by atoms with Crippen LogP contribution in [0.5, 0.6) is 5.75 Å². The predicted molar refractivity (Wildman–Crippen MR) is 137 cm³/mol. The summed E-state index contributed by atoms with van der Waals surface area (Å²) >= 11 is 0. The molecule has 9 nitrogen and oxygen atoms in total. The number of amides is 2. The van der Waals surface area contributed by atoms with Crippen molar-refractivity contribution < 1.29 is 23.9 Å². The molecule has 36 heavy (non-hydrogen) atoms. The molecule has 0 aliphatic heterocycles. The van der Waals surface area contributed by atoms with E-state index in [0.29, 0.717) is 39.2 Å². The summed E-state index contributed by atoms with van der Waals surface area (Å²) in [4.78, 5) is 38.2. The van der Waals surface area contributed by atoms with E-state index in [2.05, 4.69) is 20.8 Å². The summed E-state index contributed by atoms with van der Waals surface area (Å²) in [6.07, 6.45) is 0. The van der Waals surface area contributed by atoms with E-state index in [1.165, 1.54) is 0 Å². The number of fused-ring (bicyclic) bond motifs is 1. The maximum Gasteiger partial charge on any atom is 0.360 e. The lowest BCUT2D eigenvalue weighted by Crippen LogP contribution is -2.24. The lowest BCUT2D eigenvalue weighted by atomic mass is 10.1. The molecular weight excluding hydrogens is 460 g/mol. The molecule has 3 N–H and O–H groups in total. The number of methoxy groups -OCH3 is 1. The quantitative estimate of drug-likeness (QED) is 0.329. The van der Waals surface area contributed by atoms with Crippen LogP contribution in [-0.4, -0.2) is 40.7 Å². The number of H-pyrrole nitrogens is 1. The first-order chi connectivity index (χ1) is 17.1. The summed E-state index contributed by atoms with van der Waals surface area (Å²) < 4.78 is 10.5. The summed E-state index contributed by atoms with van der Waals surface area (Å²) in [5.74, 6) is -0.663. The van der Waals surface area contributed by atoms with Crippen LogP contribution >= 0.6 is 0 Å². The minimum Gasteiger partial charge on any atom is -0.497 e. The van der Waals surface area contributed by atoms with Gasteiger partial charge < -0.3 is 20.1 Å². The minimum atomic E-state index is -0.646. The molecule has 1 heterocycles. The molecule has 0 aliphatic rings. The normalized spacial score (nSPS) is 11.1. The van der Waals surface area contributed by atoms with Crippen LogP contribution in [0, 0.1) is 0 Å². The van der Waals surface area contributed by atoms with Gasteiger partial charge in [-0.15, -0.1) is 0 Å². The molecule has 0 aliphatic carbocycles. The second kappa shape index (κ2) is 9.91. The lowest BCUT2D eigenvalue weighted by molar-refractivity contribution is 0.00648. The summed E-state index contributed by atoms with van der Waals surface area (Å²) in [6, 6.07) is 18.4. The van der Waals surface area contributed by atoms with Gasteiger partial charge in [-0.05, 0) is 75.4 Å². The average Bonchev–Trinajstić information content (AvgIpc) is 3.27. The third kappa shape index (κ3) is 5.52. The van der Waals surface area contributed by atoms with Gasteiger partial charge in [-0.3, -0.25) is 14.7 Å². The Kier molecular flexibility index (Phi) is 6.73. The van der Waals surface area contributed by atoms with E-state index in [1.807, 2.05) is 0 Å². The van der Waals surface area contributed by atoms with Crippen LogP contribution in [0.25, 0.3) is 10.9 Å². The van der Waals surface area contributed by atoms with Crippen molar-refractivity contribution in [2.24, 2.45) is 0 Å². The second-order valence-corrected chi connectivity index (χ2v) is 9.02. The number of benzene rings is 3. The maximum absolute atomic E-state index is 13.1. The van der Waals surface area contributed by atoms with Crippen molar-refractivity contribution in [3.8, 4) is 5.75 Å². The fraction of sp³-hybridized carbons (Fsp3) is 0.185. The zero-order valence-corrected chi connectivity index (χ0v) is 20.3. The number of para-hydroxylation sites is 1. The highest BCUT2D eigenvalue weighted by molar-refractivity contribution is 6.13. The Hall–Kier alpha value is -4.66. The van der Waals surface area contributed by atoms with E-state index < -0.39 is 17.5 Å². The third-order valence-corrected chi connectivity index (χ3v) is 5.19. The number of nitrogens with zero attached hydrogens (tertiary/aromatic N) is 1. The number of aromatic nitrogens is 2. The van der Waals surface area contributed by atoms with Crippen LogP contribution in [0.3, 0.4) is 0 Å². The number of carbonyl (C=O) groups excluding carboxylic acids is 3. The van der Waals surface area contributed by atoms with Gasteiger partial charge in [0.2, 0.25) is 0 Å². The molecule has 0 saturated carbocycles. The highest BCUT2D eigenvalue weighted by Gasteiger charge is 2.22. The molecule has 0 saturated heterocycles. The van der Waals surface area contributed by atoms with Gasteiger partial charge in [0.15, 0.2) is 5.69 Å². The summed E-state index contributed by atoms with van der Waals surface area (Å²) in [5, 5.41) is 13.1. The average molecular weight is 487 g/mol. The number of nitrogens with one attached hydrogen (secondary N) is 3. The highest BCUT2D eigenvalue weighted by Crippen LogP contribution is 2.24. The largest absolute Gasteiger partial charge is 0.497 e. The lowest BCUT2D eigenvalue weighted by Gasteiger charge is -2.18. The van der Waals surface area contributed by atoms with Crippen LogP contribution in [0.2, 0.25) is 0 Å². The van der Waals surface area contributed by atoms with Crippen molar-refractivity contribution in [1.29, 1.82) is 0 Å². The topological polar surface area (TPSA) is 122 Å². The molecule has 0 unspecified atom stereocenters. The fourth-order valence-electron chi connectivity index (χ4n) is 3.50. The third-order valence-electron chi connectivity index (χ3n) is 5.19. The number of rotatable bonds is 6. The molecule has 9 heteroatoms. The van der Waals surface area contributed by atoms with E-state index in [0.717, 1.165) is 0 Å². The molecule has 0 fully saturated rings. The number of aromatic amines is 1. The molecule has 4 aromatic rings. The van der Waals surface area contributed by atoms with Gasteiger partial charge in [0, 0.05) is 16.6 Å². The zero-order chi connectivity index (χ0) is 25.9. The monoisotopic (exact) mass is 486 g/mol. The number of esters is 1.